The SMILES string of the molecule is CC1(C)CN(CCOc2ccc(C(C)(C)C)cc2)c2ccc(N)cc2O1. The van der Waals surface area contributed by atoms with E-state index in [-0.39, 0.29) is 11.0 Å². The van der Waals surface area contributed by atoms with E-state index in [4.69, 9.17) is 15.2 Å². The summed E-state index contributed by atoms with van der Waals surface area (Å²) in [6, 6.07) is 14.2. The maximum atomic E-state index is 6.08. The average molecular weight is 354 g/mol. The molecule has 3 rings (SSSR count). The molecule has 140 valence electrons. The molecule has 1 aliphatic rings. The molecule has 4 nitrogen and oxygen atoms in total. The number of rotatable bonds is 4. The molecule has 2 aromatic carbocycles. The second kappa shape index (κ2) is 6.75. The molecule has 0 fully saturated rings. The van der Waals surface area contributed by atoms with Crippen molar-refractivity contribution in [3.63, 3.8) is 0 Å². The lowest BCUT2D eigenvalue weighted by atomic mass is 9.87. The van der Waals surface area contributed by atoms with Crippen molar-refractivity contribution in [2.24, 2.45) is 0 Å². The van der Waals surface area contributed by atoms with Gasteiger partial charge in [0.2, 0.25) is 0 Å². The van der Waals surface area contributed by atoms with Gasteiger partial charge in [-0.3, -0.25) is 0 Å². The van der Waals surface area contributed by atoms with E-state index >= 15 is 0 Å². The Morgan fingerprint density at radius 1 is 1.12 bits per heavy atom. The first-order valence-corrected chi connectivity index (χ1v) is 9.21. The molecule has 0 aromatic heterocycles. The van der Waals surface area contributed by atoms with Crippen LogP contribution < -0.4 is 20.1 Å². The van der Waals surface area contributed by atoms with Crippen molar-refractivity contribution in [2.45, 2.75) is 45.6 Å². The zero-order chi connectivity index (χ0) is 18.9. The maximum absolute atomic E-state index is 6.08. The Labute approximate surface area is 156 Å². The third-order valence-electron chi connectivity index (χ3n) is 4.63. The van der Waals surface area contributed by atoms with Gasteiger partial charge in [-0.15, -0.1) is 0 Å². The molecule has 1 aliphatic heterocycles. The lowest BCUT2D eigenvalue weighted by Gasteiger charge is -2.41. The quantitative estimate of drug-likeness (QED) is 0.814. The van der Waals surface area contributed by atoms with Crippen LogP contribution in [0.5, 0.6) is 11.5 Å². The monoisotopic (exact) mass is 354 g/mol. The molecular weight excluding hydrogens is 324 g/mol. The van der Waals surface area contributed by atoms with Gasteiger partial charge in [-0.1, -0.05) is 32.9 Å². The van der Waals surface area contributed by atoms with Crippen molar-refractivity contribution in [1.29, 1.82) is 0 Å². The fourth-order valence-electron chi connectivity index (χ4n) is 3.27. The lowest BCUT2D eigenvalue weighted by molar-refractivity contribution is 0.104. The number of nitrogen functional groups attached to an aromatic ring is 1. The Bertz CT molecular complexity index is 761. The highest BCUT2D eigenvalue weighted by Crippen LogP contribution is 2.38. The van der Waals surface area contributed by atoms with E-state index in [1.807, 2.05) is 18.2 Å². The zero-order valence-electron chi connectivity index (χ0n) is 16.5. The van der Waals surface area contributed by atoms with Gasteiger partial charge < -0.3 is 20.1 Å². The highest BCUT2D eigenvalue weighted by molar-refractivity contribution is 5.65. The molecule has 0 saturated carbocycles. The lowest BCUT2D eigenvalue weighted by Crippen LogP contribution is -2.48. The van der Waals surface area contributed by atoms with Crippen LogP contribution in [0.25, 0.3) is 0 Å². The first-order valence-electron chi connectivity index (χ1n) is 9.21. The molecule has 0 atom stereocenters. The Kier molecular flexibility index (Phi) is 4.78. The summed E-state index contributed by atoms with van der Waals surface area (Å²) >= 11 is 0. The van der Waals surface area contributed by atoms with Crippen molar-refractivity contribution in [1.82, 2.24) is 0 Å². The fourth-order valence-corrected chi connectivity index (χ4v) is 3.27. The van der Waals surface area contributed by atoms with Gasteiger partial charge in [-0.25, -0.2) is 0 Å². The number of benzene rings is 2. The summed E-state index contributed by atoms with van der Waals surface area (Å²) in [4.78, 5) is 2.31. The van der Waals surface area contributed by atoms with Gasteiger partial charge in [0.1, 0.15) is 23.7 Å². The van der Waals surface area contributed by atoms with Gasteiger partial charge in [0.15, 0.2) is 0 Å². The minimum atomic E-state index is -0.255. The van der Waals surface area contributed by atoms with E-state index < -0.39 is 0 Å². The van der Waals surface area contributed by atoms with Crippen LogP contribution in [-0.2, 0) is 5.41 Å². The summed E-state index contributed by atoms with van der Waals surface area (Å²) in [7, 11) is 0. The van der Waals surface area contributed by atoms with Crippen molar-refractivity contribution in [3.05, 3.63) is 48.0 Å². The largest absolute Gasteiger partial charge is 0.492 e. The predicted octanol–water partition coefficient (Wildman–Crippen LogP) is 4.62. The molecule has 0 aliphatic carbocycles. The molecule has 26 heavy (non-hydrogen) atoms. The fraction of sp³-hybridized carbons (Fsp3) is 0.455. The van der Waals surface area contributed by atoms with Crippen LogP contribution in [0, 0.1) is 0 Å². The second-order valence-corrected chi connectivity index (χ2v) is 8.63. The van der Waals surface area contributed by atoms with Crippen LogP contribution in [0.3, 0.4) is 0 Å². The van der Waals surface area contributed by atoms with Crippen LogP contribution >= 0.6 is 0 Å². The van der Waals surface area contributed by atoms with Gasteiger partial charge in [0, 0.05) is 11.8 Å². The Morgan fingerprint density at radius 3 is 2.46 bits per heavy atom. The number of nitrogens with two attached hydrogens (primary N) is 1. The topological polar surface area (TPSA) is 47.7 Å². The second-order valence-electron chi connectivity index (χ2n) is 8.63. The molecular formula is C22H30N2O2. The number of anilines is 2. The van der Waals surface area contributed by atoms with E-state index in [9.17, 15) is 0 Å². The molecule has 0 saturated heterocycles. The Morgan fingerprint density at radius 2 is 1.81 bits per heavy atom. The minimum Gasteiger partial charge on any atom is -0.492 e. The zero-order valence-corrected chi connectivity index (χ0v) is 16.5. The Balaban J connectivity index is 1.65. The van der Waals surface area contributed by atoms with Crippen molar-refractivity contribution >= 4 is 11.4 Å². The minimum absolute atomic E-state index is 0.156. The smallest absolute Gasteiger partial charge is 0.145 e. The van der Waals surface area contributed by atoms with Gasteiger partial charge in [-0.2, -0.15) is 0 Å². The average Bonchev–Trinajstić information content (AvgIpc) is 2.53. The van der Waals surface area contributed by atoms with E-state index in [0.717, 1.165) is 36.0 Å². The summed E-state index contributed by atoms with van der Waals surface area (Å²) in [5, 5.41) is 0. The summed E-state index contributed by atoms with van der Waals surface area (Å²) in [6.45, 7) is 13.1. The summed E-state index contributed by atoms with van der Waals surface area (Å²) in [6.07, 6.45) is 0. The van der Waals surface area contributed by atoms with Crippen LogP contribution in [-0.4, -0.2) is 25.3 Å². The molecule has 0 unspecified atom stereocenters. The summed E-state index contributed by atoms with van der Waals surface area (Å²) < 4.78 is 12.1. The Hall–Kier alpha value is -2.36. The van der Waals surface area contributed by atoms with Gasteiger partial charge in [-0.05, 0) is 49.1 Å². The summed E-state index contributed by atoms with van der Waals surface area (Å²) in [5.74, 6) is 1.75. The predicted molar refractivity (Wildman–Crippen MR) is 108 cm³/mol. The van der Waals surface area contributed by atoms with Crippen LogP contribution in [0.15, 0.2) is 42.5 Å². The normalized spacial score (nSPS) is 16.0. The molecule has 2 N–H and O–H groups in total. The highest BCUT2D eigenvalue weighted by atomic mass is 16.5. The molecule has 0 radical (unpaired) electrons. The molecule has 1 heterocycles. The number of hydrogen-bond donors (Lipinski definition) is 1. The van der Waals surface area contributed by atoms with Crippen LogP contribution in [0.1, 0.15) is 40.2 Å². The molecule has 2 aromatic rings. The van der Waals surface area contributed by atoms with Crippen LogP contribution in [0.2, 0.25) is 0 Å². The highest BCUT2D eigenvalue weighted by Gasteiger charge is 2.31. The van der Waals surface area contributed by atoms with E-state index in [2.05, 4.69) is 63.8 Å². The van der Waals surface area contributed by atoms with E-state index in [1.165, 1.54) is 5.56 Å². The van der Waals surface area contributed by atoms with Crippen molar-refractivity contribution < 1.29 is 9.47 Å². The number of nitrogens with zero attached hydrogens (tertiary/aromatic N) is 1. The van der Waals surface area contributed by atoms with Gasteiger partial charge in [0.05, 0.1) is 18.8 Å². The molecule has 0 amide bonds. The van der Waals surface area contributed by atoms with Gasteiger partial charge >= 0.3 is 0 Å². The van der Waals surface area contributed by atoms with E-state index in [1.54, 1.807) is 0 Å². The third-order valence-corrected chi connectivity index (χ3v) is 4.63. The number of ether oxygens (including phenoxy) is 2. The number of fused-ring (bicyclic) bond motifs is 1. The first kappa shape index (κ1) is 18.4. The van der Waals surface area contributed by atoms with Crippen LogP contribution in [0.4, 0.5) is 11.4 Å². The first-order chi connectivity index (χ1) is 12.1. The third kappa shape index (κ3) is 4.24. The van der Waals surface area contributed by atoms with E-state index in [0.29, 0.717) is 6.61 Å². The molecule has 0 spiro atoms. The maximum Gasteiger partial charge on any atom is 0.145 e. The summed E-state index contributed by atoms with van der Waals surface area (Å²) in [5.41, 5.74) is 8.92. The number of hydrogen-bond acceptors (Lipinski definition) is 4. The standard InChI is InChI=1S/C22H30N2O2/c1-21(2,3)16-6-9-18(10-7-16)25-13-12-24-15-22(4,5)26-20-14-17(23)8-11-19(20)24/h6-11,14H,12-13,15,23H2,1-5H3. The van der Waals surface area contributed by atoms with Crippen molar-refractivity contribution in [3.8, 4) is 11.5 Å². The van der Waals surface area contributed by atoms with Gasteiger partial charge in [0.25, 0.3) is 0 Å². The molecule has 0 bridgehead atoms. The van der Waals surface area contributed by atoms with Crippen molar-refractivity contribution in [2.75, 3.05) is 30.3 Å². The molecule has 4 heteroatoms.